The zero-order valence-electron chi connectivity index (χ0n) is 18.2. The smallest absolute Gasteiger partial charge is 0.232 e. The van der Waals surface area contributed by atoms with Gasteiger partial charge in [0.2, 0.25) is 5.91 Å². The number of rotatable bonds is 5. The molecule has 0 radical (unpaired) electrons. The number of piperidine rings is 1. The Morgan fingerprint density at radius 3 is 2.81 bits per heavy atom. The van der Waals surface area contributed by atoms with Crippen LogP contribution in [0.4, 0.5) is 5.69 Å². The molecule has 1 aromatic heterocycles. The molecule has 0 spiro atoms. The summed E-state index contributed by atoms with van der Waals surface area (Å²) in [5.74, 6) is 0.809. The number of anilines is 1. The van der Waals surface area contributed by atoms with Crippen LogP contribution < -0.4 is 15.2 Å². The molecule has 1 amide bonds. The molecule has 1 saturated heterocycles. The van der Waals surface area contributed by atoms with Gasteiger partial charge in [0, 0.05) is 31.4 Å². The lowest BCUT2D eigenvalue weighted by Gasteiger charge is -2.38. The molecule has 2 aliphatic heterocycles. The minimum absolute atomic E-state index is 0.0221. The van der Waals surface area contributed by atoms with E-state index in [9.17, 15) is 13.9 Å². The minimum atomic E-state index is -3.34. The fourth-order valence-electron chi connectivity index (χ4n) is 4.23. The minimum Gasteiger partial charge on any atom is -0.492 e. The number of amidine groups is 1. The van der Waals surface area contributed by atoms with Gasteiger partial charge in [0.15, 0.2) is 5.84 Å². The third-order valence-electron chi connectivity index (χ3n) is 5.97. The number of likely N-dealkylation sites (tertiary alicyclic amines) is 1. The summed E-state index contributed by atoms with van der Waals surface area (Å²) in [7, 11) is -3.34. The number of nitrogens with one attached hydrogen (secondary N) is 1. The number of benzene rings is 1. The highest BCUT2D eigenvalue weighted by Gasteiger charge is 2.36. The van der Waals surface area contributed by atoms with Crippen LogP contribution in [0, 0.1) is 5.92 Å². The van der Waals surface area contributed by atoms with Crippen LogP contribution in [0.5, 0.6) is 5.75 Å². The van der Waals surface area contributed by atoms with Crippen molar-refractivity contribution in [2.45, 2.75) is 32.1 Å². The van der Waals surface area contributed by atoms with Crippen LogP contribution in [0.15, 0.2) is 47.1 Å². The predicted molar refractivity (Wildman–Crippen MR) is 126 cm³/mol. The molecule has 2 aromatic rings. The first kappa shape index (κ1) is 22.4. The van der Waals surface area contributed by atoms with E-state index in [2.05, 4.69) is 14.1 Å². The molecular weight excluding hydrogens is 430 g/mol. The molecule has 172 valence electrons. The van der Waals surface area contributed by atoms with E-state index in [1.54, 1.807) is 30.6 Å². The summed E-state index contributed by atoms with van der Waals surface area (Å²) in [5.41, 5.74) is 7.26. The number of fused-ring (bicyclic) bond motifs is 1. The Hall–Kier alpha value is -2.82. The predicted octanol–water partition coefficient (Wildman–Crippen LogP) is 3.39. The van der Waals surface area contributed by atoms with E-state index < -0.39 is 16.4 Å². The molecule has 0 bridgehead atoms. The van der Waals surface area contributed by atoms with Crippen LogP contribution in [0.3, 0.4) is 0 Å². The highest BCUT2D eigenvalue weighted by molar-refractivity contribution is 8.24. The Balaban J connectivity index is 1.43. The molecule has 4 rings (SSSR count). The van der Waals surface area contributed by atoms with Crippen LogP contribution in [0.25, 0.3) is 0 Å². The van der Waals surface area contributed by atoms with Crippen molar-refractivity contribution in [2.24, 2.45) is 16.0 Å². The van der Waals surface area contributed by atoms with Gasteiger partial charge in [0.1, 0.15) is 5.75 Å². The van der Waals surface area contributed by atoms with Crippen molar-refractivity contribution in [2.75, 3.05) is 24.4 Å². The summed E-state index contributed by atoms with van der Waals surface area (Å²) in [4.78, 5) is 19.3. The molecule has 0 saturated carbocycles. The van der Waals surface area contributed by atoms with E-state index in [1.807, 2.05) is 30.9 Å². The normalized spacial score (nSPS) is 21.1. The molecule has 1 atom stereocenters. The van der Waals surface area contributed by atoms with Crippen molar-refractivity contribution in [3.05, 3.63) is 53.9 Å². The number of carbonyl (C=O) groups is 1. The number of carbonyl (C=O) groups excluding carboxylic acids is 1. The summed E-state index contributed by atoms with van der Waals surface area (Å²) in [6, 6.07) is 8.99. The monoisotopic (exact) mass is 459 g/mol. The number of nitrogens with two attached hydrogens (primary N) is 1. The standard InChI is InChI=1S/C22H29N5O4S/c1-22(2,16-8-10-24-11-9-16)21(28)27-12-4-5-15(13-27)14-31-18-7-3-6-17-19(18)20(23)26-32(29,30)25-17/h3,6-11,15,25,29-30H,4-5,12-14H2,1-2H3,(H2,23,26)/t15-/m0/s1. The maximum absolute atomic E-state index is 13.3. The molecule has 9 nitrogen and oxygen atoms in total. The molecule has 2 aliphatic rings. The zero-order chi connectivity index (χ0) is 22.9. The van der Waals surface area contributed by atoms with Crippen molar-refractivity contribution in [1.29, 1.82) is 0 Å². The largest absolute Gasteiger partial charge is 0.492 e. The zero-order valence-corrected chi connectivity index (χ0v) is 19.0. The van der Waals surface area contributed by atoms with Gasteiger partial charge in [0.25, 0.3) is 0 Å². The summed E-state index contributed by atoms with van der Waals surface area (Å²) < 4.78 is 32.1. The van der Waals surface area contributed by atoms with E-state index in [1.165, 1.54) is 0 Å². The first-order valence-electron chi connectivity index (χ1n) is 10.5. The second kappa shape index (κ2) is 8.61. The lowest BCUT2D eigenvalue weighted by Crippen LogP contribution is -2.48. The lowest BCUT2D eigenvalue weighted by atomic mass is 9.83. The number of aromatic nitrogens is 1. The van der Waals surface area contributed by atoms with E-state index in [4.69, 9.17) is 10.5 Å². The molecule has 10 heteroatoms. The van der Waals surface area contributed by atoms with Crippen molar-refractivity contribution < 1.29 is 18.6 Å². The molecule has 5 N–H and O–H groups in total. The second-order valence-electron chi connectivity index (χ2n) is 8.71. The quantitative estimate of drug-likeness (QED) is 0.538. The number of hydrogen-bond acceptors (Lipinski definition) is 8. The average molecular weight is 460 g/mol. The highest BCUT2D eigenvalue weighted by atomic mass is 32.3. The summed E-state index contributed by atoms with van der Waals surface area (Å²) >= 11 is 0. The average Bonchev–Trinajstić information content (AvgIpc) is 2.76. The van der Waals surface area contributed by atoms with Crippen molar-refractivity contribution in [3.63, 3.8) is 0 Å². The number of nitrogens with zero attached hydrogens (tertiary/aromatic N) is 3. The van der Waals surface area contributed by atoms with Crippen molar-refractivity contribution in [3.8, 4) is 5.75 Å². The van der Waals surface area contributed by atoms with E-state index in [0.29, 0.717) is 30.2 Å². The highest BCUT2D eigenvalue weighted by Crippen LogP contribution is 2.46. The third kappa shape index (κ3) is 4.52. The van der Waals surface area contributed by atoms with Gasteiger partial charge in [-0.05, 0) is 67.5 Å². The molecule has 3 heterocycles. The maximum Gasteiger partial charge on any atom is 0.232 e. The molecule has 0 aliphatic carbocycles. The fraction of sp³-hybridized carbons (Fsp3) is 0.409. The summed E-state index contributed by atoms with van der Waals surface area (Å²) in [5, 5.41) is 0. The van der Waals surface area contributed by atoms with Crippen LogP contribution in [-0.2, 0) is 10.2 Å². The summed E-state index contributed by atoms with van der Waals surface area (Å²) in [6.07, 6.45) is 5.28. The number of hydrogen-bond donors (Lipinski definition) is 4. The first-order valence-corrected chi connectivity index (χ1v) is 12.0. The summed E-state index contributed by atoms with van der Waals surface area (Å²) in [6.45, 7) is 5.65. The molecule has 1 fully saturated rings. The van der Waals surface area contributed by atoms with Gasteiger partial charge < -0.3 is 15.4 Å². The Labute approximate surface area is 189 Å². The first-order chi connectivity index (χ1) is 15.2. The van der Waals surface area contributed by atoms with Gasteiger partial charge in [-0.2, -0.15) is 0 Å². The van der Waals surface area contributed by atoms with Crippen molar-refractivity contribution in [1.82, 2.24) is 9.88 Å². The second-order valence-corrected chi connectivity index (χ2v) is 10.1. The maximum atomic E-state index is 13.3. The van der Waals surface area contributed by atoms with Crippen LogP contribution in [-0.4, -0.2) is 50.4 Å². The van der Waals surface area contributed by atoms with E-state index >= 15 is 0 Å². The van der Waals surface area contributed by atoms with Gasteiger partial charge in [-0.15, -0.1) is 4.40 Å². The Morgan fingerprint density at radius 1 is 1.31 bits per heavy atom. The Morgan fingerprint density at radius 2 is 2.06 bits per heavy atom. The third-order valence-corrected chi connectivity index (χ3v) is 6.92. The van der Waals surface area contributed by atoms with E-state index in [-0.39, 0.29) is 17.7 Å². The van der Waals surface area contributed by atoms with Gasteiger partial charge >= 0.3 is 0 Å². The van der Waals surface area contributed by atoms with Gasteiger partial charge in [0.05, 0.1) is 23.3 Å². The van der Waals surface area contributed by atoms with Crippen LogP contribution in [0.1, 0.15) is 37.8 Å². The molecule has 32 heavy (non-hydrogen) atoms. The van der Waals surface area contributed by atoms with Gasteiger partial charge in [-0.25, -0.2) is 0 Å². The molecular formula is C22H29N5O4S. The topological polar surface area (TPSA) is 133 Å². The van der Waals surface area contributed by atoms with Gasteiger partial charge in [-0.3, -0.25) is 23.6 Å². The molecule has 1 aromatic carbocycles. The Kier molecular flexibility index (Phi) is 6.02. The van der Waals surface area contributed by atoms with E-state index in [0.717, 1.165) is 24.9 Å². The number of pyridine rings is 1. The number of amides is 1. The fourth-order valence-corrected chi connectivity index (χ4v) is 5.11. The van der Waals surface area contributed by atoms with Crippen molar-refractivity contribution >= 4 is 28.4 Å². The Bertz CT molecular complexity index is 1030. The number of ether oxygens (including phenoxy) is 1. The van der Waals surface area contributed by atoms with Crippen LogP contribution in [0.2, 0.25) is 0 Å². The lowest BCUT2D eigenvalue weighted by molar-refractivity contribution is -0.138. The molecule has 0 unspecified atom stereocenters. The SMILES string of the molecule is CC(C)(C(=O)N1CCC[C@H](COc2cccc3c2C(N)=NS(O)(O)N3)C1)c1ccncc1. The van der Waals surface area contributed by atoms with Crippen LogP contribution >= 0.6 is 11.0 Å². The van der Waals surface area contributed by atoms with Gasteiger partial charge in [-0.1, -0.05) is 6.07 Å².